The summed E-state index contributed by atoms with van der Waals surface area (Å²) in [6, 6.07) is 0. The molecule has 0 bridgehead atoms. The van der Waals surface area contributed by atoms with Crippen LogP contribution in [0, 0.1) is 0 Å². The number of hydrogen-bond donors (Lipinski definition) is 1. The van der Waals surface area contributed by atoms with Crippen LogP contribution < -0.4 is 51.4 Å². The Labute approximate surface area is 80.3 Å². The van der Waals surface area contributed by atoms with Gasteiger partial charge in [-0.1, -0.05) is 0 Å². The third-order valence-corrected chi connectivity index (χ3v) is 0.295. The second-order valence-corrected chi connectivity index (χ2v) is 0.716. The van der Waals surface area contributed by atoms with E-state index in [4.69, 9.17) is 5.11 Å². The zero-order valence-electron chi connectivity index (χ0n) is 4.27. The van der Waals surface area contributed by atoms with Crippen molar-refractivity contribution in [1.29, 1.82) is 0 Å². The topological polar surface area (TPSA) is 29.5 Å². The molecule has 0 aromatic heterocycles. The van der Waals surface area contributed by atoms with Crippen LogP contribution in [0.5, 0.6) is 0 Å². The van der Waals surface area contributed by atoms with Gasteiger partial charge in [-0.15, -0.1) is 0 Å². The van der Waals surface area contributed by atoms with Crippen LogP contribution in [0.25, 0.3) is 0 Å². The van der Waals surface area contributed by atoms with Gasteiger partial charge in [0.15, 0.2) is 0 Å². The molecule has 2 nitrogen and oxygen atoms in total. The molecule has 0 heterocycles. The van der Waals surface area contributed by atoms with Crippen molar-refractivity contribution in [2.45, 2.75) is 0 Å². The van der Waals surface area contributed by atoms with Crippen LogP contribution in [-0.4, -0.2) is 25.4 Å². The van der Waals surface area contributed by atoms with E-state index in [1.54, 1.807) is 7.11 Å². The molecule has 0 aliphatic rings. The number of ether oxygens (including phenoxy) is 1. The van der Waals surface area contributed by atoms with Crippen LogP contribution in [0.1, 0.15) is 0 Å². The van der Waals surface area contributed by atoms with E-state index in [1.807, 2.05) is 0 Å². The summed E-state index contributed by atoms with van der Waals surface area (Å²) in [6.07, 6.45) is 0. The van der Waals surface area contributed by atoms with Crippen molar-refractivity contribution in [2.24, 2.45) is 0 Å². The Hall–Kier alpha value is 1.56. The molecule has 0 radical (unpaired) electrons. The first-order valence-corrected chi connectivity index (χ1v) is 1.51. The second-order valence-electron chi connectivity index (χ2n) is 0.716. The van der Waals surface area contributed by atoms with E-state index in [0.717, 1.165) is 0 Å². The average Bonchev–Trinajstić information content (AvgIpc) is 1.41. The molecule has 3 heteroatoms. The molecule has 6 heavy (non-hydrogen) atoms. The number of aliphatic hydroxyl groups excluding tert-OH is 1. The van der Waals surface area contributed by atoms with Gasteiger partial charge in [0.05, 0.1) is 13.2 Å². The van der Waals surface area contributed by atoms with Gasteiger partial charge in [0, 0.05) is 7.11 Å². The second kappa shape index (κ2) is 9.75. The van der Waals surface area contributed by atoms with E-state index < -0.39 is 0 Å². The van der Waals surface area contributed by atoms with Crippen molar-refractivity contribution in [3.63, 3.8) is 0 Å². The van der Waals surface area contributed by atoms with E-state index in [2.05, 4.69) is 4.74 Å². The summed E-state index contributed by atoms with van der Waals surface area (Å²) in [4.78, 5) is 0. The molecule has 0 unspecified atom stereocenters. The molecule has 0 aromatic carbocycles. The van der Waals surface area contributed by atoms with E-state index >= 15 is 0 Å². The molecule has 0 amide bonds. The SMILES string of the molecule is COCCO.[K+]. The largest absolute Gasteiger partial charge is 1.00 e. The molecule has 0 aliphatic heterocycles. The Balaban J connectivity index is 0. The van der Waals surface area contributed by atoms with Gasteiger partial charge in [-0.3, -0.25) is 0 Å². The van der Waals surface area contributed by atoms with Crippen molar-refractivity contribution in [3.05, 3.63) is 0 Å². The first-order chi connectivity index (χ1) is 2.41. The van der Waals surface area contributed by atoms with Crippen LogP contribution >= 0.6 is 0 Å². The third-order valence-electron chi connectivity index (χ3n) is 0.295. The minimum absolute atomic E-state index is 0. The Morgan fingerprint density at radius 3 is 2.17 bits per heavy atom. The van der Waals surface area contributed by atoms with Crippen molar-refractivity contribution in [2.75, 3.05) is 20.3 Å². The van der Waals surface area contributed by atoms with E-state index in [0.29, 0.717) is 6.61 Å². The van der Waals surface area contributed by atoms with Crippen LogP contribution in [0.3, 0.4) is 0 Å². The Kier molecular flexibility index (Phi) is 17.1. The molecular formula is C3H8KO2+. The van der Waals surface area contributed by atoms with E-state index in [-0.39, 0.29) is 58.0 Å². The number of aliphatic hydroxyl groups is 1. The zero-order chi connectivity index (χ0) is 4.12. The smallest absolute Gasteiger partial charge is 0.394 e. The Bertz CT molecular complexity index is 16.3. The summed E-state index contributed by atoms with van der Waals surface area (Å²) in [5.41, 5.74) is 0. The van der Waals surface area contributed by atoms with Gasteiger partial charge in [-0.2, -0.15) is 0 Å². The molecule has 0 aromatic rings. The van der Waals surface area contributed by atoms with Crippen LogP contribution in [0.4, 0.5) is 0 Å². The molecular weight excluding hydrogens is 107 g/mol. The summed E-state index contributed by atoms with van der Waals surface area (Å²) in [5.74, 6) is 0. The van der Waals surface area contributed by atoms with E-state index in [9.17, 15) is 0 Å². The summed E-state index contributed by atoms with van der Waals surface area (Å²) < 4.78 is 4.44. The maximum atomic E-state index is 7.94. The van der Waals surface area contributed by atoms with Gasteiger partial charge in [0.2, 0.25) is 0 Å². The summed E-state index contributed by atoms with van der Waals surface area (Å²) >= 11 is 0. The van der Waals surface area contributed by atoms with Gasteiger partial charge in [-0.25, -0.2) is 0 Å². The van der Waals surface area contributed by atoms with E-state index in [1.165, 1.54) is 0 Å². The minimum Gasteiger partial charge on any atom is -0.394 e. The van der Waals surface area contributed by atoms with Crippen molar-refractivity contribution < 1.29 is 61.2 Å². The van der Waals surface area contributed by atoms with Crippen molar-refractivity contribution >= 4 is 0 Å². The number of methoxy groups -OCH3 is 1. The summed E-state index contributed by atoms with van der Waals surface area (Å²) in [7, 11) is 1.55. The van der Waals surface area contributed by atoms with Gasteiger partial charge in [0.25, 0.3) is 0 Å². The normalized spacial score (nSPS) is 7.00. The maximum absolute atomic E-state index is 7.94. The Morgan fingerprint density at radius 1 is 1.67 bits per heavy atom. The maximum Gasteiger partial charge on any atom is 1.00 e. The van der Waals surface area contributed by atoms with Crippen LogP contribution in [0.15, 0.2) is 0 Å². The monoisotopic (exact) mass is 115 g/mol. The minimum atomic E-state index is 0. The van der Waals surface area contributed by atoms with Crippen molar-refractivity contribution in [1.82, 2.24) is 0 Å². The zero-order valence-corrected chi connectivity index (χ0v) is 7.39. The fourth-order valence-corrected chi connectivity index (χ4v) is 0.0913. The van der Waals surface area contributed by atoms with Gasteiger partial charge in [0.1, 0.15) is 0 Å². The molecule has 32 valence electrons. The average molecular weight is 115 g/mol. The molecule has 0 spiro atoms. The molecule has 0 saturated heterocycles. The summed E-state index contributed by atoms with van der Waals surface area (Å²) in [6.45, 7) is 0.566. The van der Waals surface area contributed by atoms with Gasteiger partial charge >= 0.3 is 51.4 Å². The number of rotatable bonds is 2. The molecule has 1 N–H and O–H groups in total. The van der Waals surface area contributed by atoms with Crippen LogP contribution in [0.2, 0.25) is 0 Å². The fourth-order valence-electron chi connectivity index (χ4n) is 0.0913. The summed E-state index contributed by atoms with van der Waals surface area (Å²) in [5, 5.41) is 7.94. The van der Waals surface area contributed by atoms with Gasteiger partial charge < -0.3 is 9.84 Å². The Morgan fingerprint density at radius 2 is 2.17 bits per heavy atom. The molecule has 0 atom stereocenters. The van der Waals surface area contributed by atoms with Crippen molar-refractivity contribution in [3.8, 4) is 0 Å². The molecule has 0 fully saturated rings. The first kappa shape index (κ1) is 10.5. The fraction of sp³-hybridized carbons (Fsp3) is 1.00. The standard InChI is InChI=1S/C3H8O2.K/c1-5-3-2-4;/h4H,2-3H2,1H3;/q;+1. The molecule has 0 aliphatic carbocycles. The van der Waals surface area contributed by atoms with Gasteiger partial charge in [-0.05, 0) is 0 Å². The predicted molar refractivity (Wildman–Crippen MR) is 19.0 cm³/mol. The molecule has 0 saturated carbocycles. The first-order valence-electron chi connectivity index (χ1n) is 1.51. The third kappa shape index (κ3) is 9.12. The predicted octanol–water partition coefficient (Wildman–Crippen LogP) is -3.37. The van der Waals surface area contributed by atoms with Crippen LogP contribution in [-0.2, 0) is 4.74 Å². The quantitative estimate of drug-likeness (QED) is 0.381. The molecule has 0 rings (SSSR count). The number of hydrogen-bond acceptors (Lipinski definition) is 2.